The molecule has 2 aromatic rings. The molecular weight excluding hydrogens is 392 g/mol. The lowest BCUT2D eigenvalue weighted by atomic mass is 9.95. The van der Waals surface area contributed by atoms with Crippen LogP contribution < -0.4 is 0 Å². The van der Waals surface area contributed by atoms with Gasteiger partial charge in [0, 0.05) is 18.1 Å². The molecule has 0 radical (unpaired) electrons. The summed E-state index contributed by atoms with van der Waals surface area (Å²) in [6.07, 6.45) is -0.702. The highest BCUT2D eigenvalue weighted by molar-refractivity contribution is 9.18. The zero-order valence-electron chi connectivity index (χ0n) is 13.5. The number of hydrogen-bond acceptors (Lipinski definition) is 7. The van der Waals surface area contributed by atoms with Gasteiger partial charge in [0.05, 0.1) is 25.3 Å². The third kappa shape index (κ3) is 2.65. The van der Waals surface area contributed by atoms with Gasteiger partial charge in [0.25, 0.3) is 5.79 Å². The van der Waals surface area contributed by atoms with Crippen molar-refractivity contribution in [1.82, 2.24) is 4.98 Å². The molecule has 1 aromatic carbocycles. The van der Waals surface area contributed by atoms with Crippen molar-refractivity contribution >= 4 is 31.5 Å². The number of oxime groups is 1. The summed E-state index contributed by atoms with van der Waals surface area (Å²) in [6.45, 7) is 0.375. The van der Waals surface area contributed by atoms with E-state index in [1.807, 2.05) is 30.3 Å². The summed E-state index contributed by atoms with van der Waals surface area (Å²) in [4.78, 5) is 10.5. The van der Waals surface area contributed by atoms with E-state index in [-0.39, 0.29) is 19.1 Å². The first-order chi connectivity index (χ1) is 12.2. The number of para-hydroxylation sites is 1. The van der Waals surface area contributed by atoms with Crippen LogP contribution in [-0.2, 0) is 24.8 Å². The third-order valence-corrected chi connectivity index (χ3v) is 5.03. The molecule has 25 heavy (non-hydrogen) atoms. The zero-order chi connectivity index (χ0) is 17.4. The summed E-state index contributed by atoms with van der Waals surface area (Å²) >= 11 is 3.42. The molecule has 0 amide bonds. The molecule has 3 heterocycles. The molecule has 0 bridgehead atoms. The monoisotopic (exact) mass is 408 g/mol. The summed E-state index contributed by atoms with van der Waals surface area (Å²) in [6, 6.07) is 9.77. The number of aliphatic hydroxyl groups is 1. The second-order valence-electron chi connectivity index (χ2n) is 5.84. The van der Waals surface area contributed by atoms with Gasteiger partial charge in [0.15, 0.2) is 6.29 Å². The Kier molecular flexibility index (Phi) is 4.47. The average Bonchev–Trinajstić information content (AvgIpc) is 3.11. The van der Waals surface area contributed by atoms with Gasteiger partial charge in [0.1, 0.15) is 16.2 Å². The van der Waals surface area contributed by atoms with E-state index >= 15 is 0 Å². The Hall–Kier alpha value is -1.58. The molecular formula is C17H17BrN2O5. The van der Waals surface area contributed by atoms with Crippen LogP contribution in [0.15, 0.2) is 35.5 Å². The number of ether oxygens (including phenoxy) is 3. The molecule has 1 unspecified atom stereocenters. The van der Waals surface area contributed by atoms with E-state index in [1.165, 1.54) is 0 Å². The number of halogens is 1. The largest absolute Gasteiger partial charge is 0.394 e. The number of methoxy groups -OCH3 is 1. The van der Waals surface area contributed by atoms with Crippen LogP contribution in [0.3, 0.4) is 0 Å². The van der Waals surface area contributed by atoms with Gasteiger partial charge in [-0.05, 0) is 28.1 Å². The van der Waals surface area contributed by atoms with Crippen LogP contribution in [0.1, 0.15) is 17.5 Å². The standard InChI is InChI=1S/C17H17BrN2O5/c1-22-9-12-15(18)20-25-17(12)14-11(16(24-17)23-7-6-21)8-10-4-2-3-5-13(10)19-14/h2-5,8,12,16,21H,6-7,9H2,1H3/t12?,16-,17+/m0/s1. The number of rotatable bonds is 5. The first-order valence-electron chi connectivity index (χ1n) is 7.90. The van der Waals surface area contributed by atoms with Gasteiger partial charge in [-0.15, -0.1) is 0 Å². The second-order valence-corrected chi connectivity index (χ2v) is 6.66. The fourth-order valence-corrected chi connectivity index (χ4v) is 3.71. The van der Waals surface area contributed by atoms with Gasteiger partial charge in [-0.2, -0.15) is 0 Å². The fourth-order valence-electron chi connectivity index (χ4n) is 3.21. The van der Waals surface area contributed by atoms with Crippen LogP contribution in [0.25, 0.3) is 10.9 Å². The molecule has 4 rings (SSSR count). The van der Waals surface area contributed by atoms with Gasteiger partial charge in [-0.1, -0.05) is 23.4 Å². The van der Waals surface area contributed by atoms with Crippen molar-refractivity contribution in [3.63, 3.8) is 0 Å². The Morgan fingerprint density at radius 1 is 1.36 bits per heavy atom. The zero-order valence-corrected chi connectivity index (χ0v) is 15.1. The van der Waals surface area contributed by atoms with Crippen LogP contribution >= 0.6 is 15.9 Å². The molecule has 0 aliphatic carbocycles. The van der Waals surface area contributed by atoms with E-state index < -0.39 is 12.1 Å². The summed E-state index contributed by atoms with van der Waals surface area (Å²) in [5.74, 6) is -1.53. The van der Waals surface area contributed by atoms with E-state index in [4.69, 9.17) is 29.1 Å². The Balaban J connectivity index is 1.85. The minimum atomic E-state index is -1.21. The SMILES string of the molecule is COCC1C(Br)=NO[C@]12O[C@H](OCCO)c1cc3ccccc3nc12. The highest BCUT2D eigenvalue weighted by Crippen LogP contribution is 2.52. The van der Waals surface area contributed by atoms with E-state index in [0.717, 1.165) is 16.5 Å². The molecule has 1 spiro atoms. The van der Waals surface area contributed by atoms with Crippen molar-refractivity contribution in [1.29, 1.82) is 0 Å². The minimum absolute atomic E-state index is 0.105. The summed E-state index contributed by atoms with van der Waals surface area (Å²) in [5.41, 5.74) is 2.22. The molecule has 1 N–H and O–H groups in total. The Bertz CT molecular complexity index is 830. The minimum Gasteiger partial charge on any atom is -0.394 e. The molecule has 2 aliphatic heterocycles. The van der Waals surface area contributed by atoms with Gasteiger partial charge in [-0.3, -0.25) is 4.74 Å². The van der Waals surface area contributed by atoms with Crippen LogP contribution in [0.5, 0.6) is 0 Å². The van der Waals surface area contributed by atoms with Crippen molar-refractivity contribution in [3.8, 4) is 0 Å². The highest BCUT2D eigenvalue weighted by Gasteiger charge is 2.60. The second kappa shape index (κ2) is 6.62. The molecule has 3 atom stereocenters. The predicted octanol–water partition coefficient (Wildman–Crippen LogP) is 2.43. The summed E-state index contributed by atoms with van der Waals surface area (Å²) in [7, 11) is 1.61. The lowest BCUT2D eigenvalue weighted by Gasteiger charge is -2.27. The van der Waals surface area contributed by atoms with E-state index in [9.17, 15) is 0 Å². The molecule has 0 saturated heterocycles. The van der Waals surface area contributed by atoms with Crippen LogP contribution in [0.2, 0.25) is 0 Å². The molecule has 0 fully saturated rings. The fraction of sp³-hybridized carbons (Fsp3) is 0.412. The van der Waals surface area contributed by atoms with Gasteiger partial charge in [-0.25, -0.2) is 4.98 Å². The third-order valence-electron chi connectivity index (χ3n) is 4.33. The normalized spacial score (nSPS) is 27.6. The van der Waals surface area contributed by atoms with Crippen molar-refractivity contribution in [2.75, 3.05) is 26.9 Å². The molecule has 0 saturated carbocycles. The van der Waals surface area contributed by atoms with Gasteiger partial charge < -0.3 is 19.4 Å². The summed E-state index contributed by atoms with van der Waals surface area (Å²) in [5, 5.41) is 14.1. The van der Waals surface area contributed by atoms with Gasteiger partial charge in [0.2, 0.25) is 0 Å². The smallest absolute Gasteiger partial charge is 0.294 e. The maximum absolute atomic E-state index is 9.10. The number of aromatic nitrogens is 1. The lowest BCUT2D eigenvalue weighted by Crippen LogP contribution is -2.38. The van der Waals surface area contributed by atoms with E-state index in [2.05, 4.69) is 21.1 Å². The Morgan fingerprint density at radius 2 is 2.20 bits per heavy atom. The first kappa shape index (κ1) is 16.9. The average molecular weight is 409 g/mol. The Morgan fingerprint density at radius 3 is 3.00 bits per heavy atom. The molecule has 7 nitrogen and oxygen atoms in total. The molecule has 8 heteroatoms. The van der Waals surface area contributed by atoms with E-state index in [1.54, 1.807) is 7.11 Å². The molecule has 1 aromatic heterocycles. The van der Waals surface area contributed by atoms with Crippen LogP contribution in [0.4, 0.5) is 0 Å². The number of hydrogen-bond donors (Lipinski definition) is 1. The van der Waals surface area contributed by atoms with Crippen LogP contribution in [0, 0.1) is 5.92 Å². The lowest BCUT2D eigenvalue weighted by molar-refractivity contribution is -0.313. The molecule has 2 aliphatic rings. The number of fused-ring (bicyclic) bond motifs is 3. The quantitative estimate of drug-likeness (QED) is 0.817. The first-order valence-corrected chi connectivity index (χ1v) is 8.70. The van der Waals surface area contributed by atoms with Crippen molar-refractivity contribution < 1.29 is 24.2 Å². The number of nitrogens with zero attached hydrogens (tertiary/aromatic N) is 2. The Labute approximate surface area is 152 Å². The number of benzene rings is 1. The molecule has 132 valence electrons. The number of aliphatic hydroxyl groups excluding tert-OH is 1. The topological polar surface area (TPSA) is 82.4 Å². The van der Waals surface area contributed by atoms with Crippen molar-refractivity contribution in [3.05, 3.63) is 41.6 Å². The maximum atomic E-state index is 9.10. The highest BCUT2D eigenvalue weighted by atomic mass is 79.9. The van der Waals surface area contributed by atoms with Crippen molar-refractivity contribution in [2.45, 2.75) is 12.1 Å². The number of pyridine rings is 1. The van der Waals surface area contributed by atoms with Crippen molar-refractivity contribution in [2.24, 2.45) is 11.1 Å². The predicted molar refractivity (Wildman–Crippen MR) is 93.1 cm³/mol. The maximum Gasteiger partial charge on any atom is 0.294 e. The van der Waals surface area contributed by atoms with Gasteiger partial charge >= 0.3 is 0 Å². The van der Waals surface area contributed by atoms with E-state index in [0.29, 0.717) is 16.9 Å². The van der Waals surface area contributed by atoms with Crippen LogP contribution in [-0.4, -0.2) is 41.6 Å². The summed E-state index contributed by atoms with van der Waals surface area (Å²) < 4.78 is 17.7.